The van der Waals surface area contributed by atoms with E-state index in [4.69, 9.17) is 15.5 Å². The zero-order chi connectivity index (χ0) is 24.2. The molecule has 0 radical (unpaired) electrons. The van der Waals surface area contributed by atoms with Gasteiger partial charge >= 0.3 is 0 Å². The summed E-state index contributed by atoms with van der Waals surface area (Å²) in [5, 5.41) is 14.8. The number of nitro groups is 1. The molecule has 1 aliphatic heterocycles. The highest BCUT2D eigenvalue weighted by Gasteiger charge is 2.30. The third-order valence-electron chi connectivity index (χ3n) is 5.88. The van der Waals surface area contributed by atoms with Gasteiger partial charge in [-0.25, -0.2) is 0 Å². The highest BCUT2D eigenvalue weighted by Crippen LogP contribution is 2.35. The molecule has 9 nitrogen and oxygen atoms in total. The monoisotopic (exact) mass is 461 g/mol. The third-order valence-corrected chi connectivity index (χ3v) is 5.88. The van der Waals surface area contributed by atoms with E-state index in [1.165, 1.54) is 12.1 Å². The Morgan fingerprint density at radius 1 is 1.24 bits per heavy atom. The Morgan fingerprint density at radius 3 is 2.65 bits per heavy atom. The van der Waals surface area contributed by atoms with Crippen molar-refractivity contribution in [3.63, 3.8) is 0 Å². The van der Waals surface area contributed by atoms with Crippen LogP contribution in [0.5, 0.6) is 0 Å². The molecule has 1 aromatic heterocycles. The van der Waals surface area contributed by atoms with Crippen molar-refractivity contribution in [3.05, 3.63) is 76.0 Å². The molecule has 3 aromatic rings. The molecule has 0 aliphatic carbocycles. The van der Waals surface area contributed by atoms with Crippen molar-refractivity contribution in [2.24, 2.45) is 0 Å². The van der Waals surface area contributed by atoms with Gasteiger partial charge in [-0.15, -0.1) is 0 Å². The van der Waals surface area contributed by atoms with E-state index in [0.717, 1.165) is 12.1 Å². The number of nitro benzene ring substituents is 1. The van der Waals surface area contributed by atoms with Gasteiger partial charge in [0.2, 0.25) is 0 Å². The summed E-state index contributed by atoms with van der Waals surface area (Å²) in [7, 11) is 0. The van der Waals surface area contributed by atoms with Gasteiger partial charge in [-0.05, 0) is 37.1 Å². The number of hydrogen-bond donors (Lipinski definition) is 2. The average molecular weight is 462 g/mol. The van der Waals surface area contributed by atoms with E-state index >= 15 is 0 Å². The number of likely N-dealkylation sites (N-methyl/N-ethyl adjacent to an activating group) is 1. The standard InChI is InChI=1S/C25H27N5O4/c1-3-29(23-15-27-11-12-34-23)25(31)24-16(2)28-21(17-7-5-4-6-8-17)14-19(24)18-9-10-20(26)22(13-18)30(32)33/h4-10,13-14,23,27H,3,11-12,15,26H2,1-2H3. The zero-order valence-electron chi connectivity index (χ0n) is 19.2. The first-order valence-corrected chi connectivity index (χ1v) is 11.1. The van der Waals surface area contributed by atoms with Crippen LogP contribution in [0.1, 0.15) is 23.0 Å². The fraction of sp³-hybridized carbons (Fsp3) is 0.280. The van der Waals surface area contributed by atoms with Gasteiger partial charge in [-0.2, -0.15) is 0 Å². The molecule has 1 unspecified atom stereocenters. The lowest BCUT2D eigenvalue weighted by molar-refractivity contribution is -0.383. The molecule has 2 heterocycles. The molecule has 0 bridgehead atoms. The van der Waals surface area contributed by atoms with Crippen LogP contribution < -0.4 is 11.1 Å². The van der Waals surface area contributed by atoms with Gasteiger partial charge in [0.15, 0.2) is 0 Å². The molecule has 2 aromatic carbocycles. The molecule has 0 saturated carbocycles. The number of nitrogens with zero attached hydrogens (tertiary/aromatic N) is 3. The summed E-state index contributed by atoms with van der Waals surface area (Å²) in [5.41, 5.74) is 9.22. The summed E-state index contributed by atoms with van der Waals surface area (Å²) in [4.78, 5) is 31.3. The zero-order valence-corrected chi connectivity index (χ0v) is 19.2. The predicted molar refractivity (Wildman–Crippen MR) is 130 cm³/mol. The van der Waals surface area contributed by atoms with E-state index in [9.17, 15) is 14.9 Å². The Labute approximate surface area is 197 Å². The number of aryl methyl sites for hydroxylation is 1. The number of rotatable bonds is 6. The van der Waals surface area contributed by atoms with Crippen molar-refractivity contribution >= 4 is 17.3 Å². The quantitative estimate of drug-likeness (QED) is 0.326. The molecule has 176 valence electrons. The normalized spacial score (nSPS) is 15.6. The smallest absolute Gasteiger partial charge is 0.292 e. The van der Waals surface area contributed by atoms with Crippen molar-refractivity contribution < 1.29 is 14.5 Å². The lowest BCUT2D eigenvalue weighted by Crippen LogP contribution is -2.51. The number of morpholine rings is 1. The van der Waals surface area contributed by atoms with Crippen molar-refractivity contribution in [2.75, 3.05) is 32.0 Å². The number of amides is 1. The van der Waals surface area contributed by atoms with Crippen LogP contribution in [0.3, 0.4) is 0 Å². The van der Waals surface area contributed by atoms with Crippen LogP contribution in [0, 0.1) is 17.0 Å². The van der Waals surface area contributed by atoms with Gasteiger partial charge in [-0.3, -0.25) is 19.9 Å². The maximum Gasteiger partial charge on any atom is 0.292 e. The Morgan fingerprint density at radius 2 is 2.00 bits per heavy atom. The van der Waals surface area contributed by atoms with Gasteiger partial charge < -0.3 is 20.7 Å². The molecule has 4 rings (SSSR count). The van der Waals surface area contributed by atoms with Gasteiger partial charge in [0.1, 0.15) is 11.9 Å². The number of benzene rings is 2. The number of nitrogens with two attached hydrogens (primary N) is 1. The molecule has 0 spiro atoms. The van der Waals surface area contributed by atoms with Crippen LogP contribution in [-0.2, 0) is 4.74 Å². The molecule has 1 atom stereocenters. The van der Waals surface area contributed by atoms with E-state index in [2.05, 4.69) is 5.32 Å². The molecule has 1 fully saturated rings. The molecule has 3 N–H and O–H groups in total. The van der Waals surface area contributed by atoms with Gasteiger partial charge in [0.05, 0.1) is 28.5 Å². The number of ether oxygens (including phenoxy) is 1. The fourth-order valence-corrected chi connectivity index (χ4v) is 4.17. The number of carbonyl (C=O) groups is 1. The number of nitrogen functional groups attached to an aromatic ring is 1. The second-order valence-electron chi connectivity index (χ2n) is 8.03. The van der Waals surface area contributed by atoms with E-state index in [1.807, 2.05) is 37.3 Å². The van der Waals surface area contributed by atoms with Crippen LogP contribution in [0.15, 0.2) is 54.6 Å². The number of nitrogens with one attached hydrogen (secondary N) is 1. The lowest BCUT2D eigenvalue weighted by Gasteiger charge is -2.34. The number of hydrogen-bond acceptors (Lipinski definition) is 7. The fourth-order valence-electron chi connectivity index (χ4n) is 4.17. The number of pyridine rings is 1. The van der Waals surface area contributed by atoms with Crippen LogP contribution in [-0.4, -0.2) is 53.2 Å². The van der Waals surface area contributed by atoms with Gasteiger partial charge in [-0.1, -0.05) is 36.4 Å². The number of carbonyl (C=O) groups excluding carboxylic acids is 1. The van der Waals surface area contributed by atoms with Crippen LogP contribution in [0.4, 0.5) is 11.4 Å². The highest BCUT2D eigenvalue weighted by molar-refractivity contribution is 6.03. The summed E-state index contributed by atoms with van der Waals surface area (Å²) >= 11 is 0. The van der Waals surface area contributed by atoms with Crippen molar-refractivity contribution in [1.29, 1.82) is 0 Å². The summed E-state index contributed by atoms with van der Waals surface area (Å²) in [6.45, 7) is 5.88. The molecule has 1 amide bonds. The van der Waals surface area contributed by atoms with Crippen LogP contribution in [0.25, 0.3) is 22.4 Å². The topological polar surface area (TPSA) is 124 Å². The first-order valence-electron chi connectivity index (χ1n) is 11.1. The van der Waals surface area contributed by atoms with Crippen molar-refractivity contribution in [3.8, 4) is 22.4 Å². The Hall–Kier alpha value is -3.82. The van der Waals surface area contributed by atoms with E-state index < -0.39 is 11.2 Å². The van der Waals surface area contributed by atoms with Crippen molar-refractivity contribution in [1.82, 2.24) is 15.2 Å². The Kier molecular flexibility index (Phi) is 6.85. The molecule has 1 aliphatic rings. The summed E-state index contributed by atoms with van der Waals surface area (Å²) in [6, 6.07) is 16.0. The second-order valence-corrected chi connectivity index (χ2v) is 8.03. The van der Waals surface area contributed by atoms with E-state index in [1.54, 1.807) is 24.0 Å². The first-order chi connectivity index (χ1) is 16.4. The van der Waals surface area contributed by atoms with Gasteiger partial charge in [0, 0.05) is 31.3 Å². The minimum Gasteiger partial charge on any atom is -0.393 e. The minimum atomic E-state index is -0.521. The first kappa shape index (κ1) is 23.3. The largest absolute Gasteiger partial charge is 0.393 e. The average Bonchev–Trinajstić information content (AvgIpc) is 2.85. The molecule has 9 heteroatoms. The summed E-state index contributed by atoms with van der Waals surface area (Å²) in [5.74, 6) is -0.240. The van der Waals surface area contributed by atoms with E-state index in [-0.39, 0.29) is 17.3 Å². The highest BCUT2D eigenvalue weighted by atomic mass is 16.6. The third kappa shape index (κ3) is 4.61. The Balaban J connectivity index is 1.89. The van der Waals surface area contributed by atoms with Gasteiger partial charge in [0.25, 0.3) is 11.6 Å². The minimum absolute atomic E-state index is 0.0625. The second kappa shape index (κ2) is 9.98. The molecule has 34 heavy (non-hydrogen) atoms. The summed E-state index contributed by atoms with van der Waals surface area (Å²) in [6.07, 6.45) is -0.409. The Bertz CT molecular complexity index is 1210. The van der Waals surface area contributed by atoms with Crippen molar-refractivity contribution in [2.45, 2.75) is 20.1 Å². The molecule has 1 saturated heterocycles. The molecular weight excluding hydrogens is 434 g/mol. The number of anilines is 1. The molecular formula is C25H27N5O4. The maximum atomic E-state index is 13.8. The van der Waals surface area contributed by atoms with E-state index in [0.29, 0.717) is 47.8 Å². The summed E-state index contributed by atoms with van der Waals surface area (Å²) < 4.78 is 5.83. The SMILES string of the molecule is CCN(C(=O)c1c(-c2ccc(N)c([N+](=O)[O-])c2)cc(-c2ccccc2)nc1C)C1CNCCO1. The predicted octanol–water partition coefficient (Wildman–Crippen LogP) is 3.62. The van der Waals surface area contributed by atoms with Crippen LogP contribution >= 0.6 is 0 Å². The van der Waals surface area contributed by atoms with Crippen LogP contribution in [0.2, 0.25) is 0 Å². The lowest BCUT2D eigenvalue weighted by atomic mass is 9.95. The maximum absolute atomic E-state index is 13.8. The number of aromatic nitrogens is 1.